The second-order valence-corrected chi connectivity index (χ2v) is 5.67. The number of hydrogen-bond acceptors (Lipinski definition) is 5. The van der Waals surface area contributed by atoms with Crippen molar-refractivity contribution in [3.05, 3.63) is 59.8 Å². The number of aromatic amines is 1. The molecule has 124 valence electrons. The number of benzene rings is 1. The van der Waals surface area contributed by atoms with Crippen LogP contribution < -0.4 is 5.32 Å². The Morgan fingerprint density at radius 2 is 2.12 bits per heavy atom. The van der Waals surface area contributed by atoms with E-state index < -0.39 is 0 Å². The SMILES string of the molecule is Cc1[nH]c2ncnc(NC(=O)c3cccc(-n4ccnn4)c3)c2c1C. The van der Waals surface area contributed by atoms with Crippen LogP contribution in [0.2, 0.25) is 0 Å². The van der Waals surface area contributed by atoms with Crippen LogP contribution in [0.3, 0.4) is 0 Å². The summed E-state index contributed by atoms with van der Waals surface area (Å²) in [6, 6.07) is 7.14. The maximum absolute atomic E-state index is 12.7. The topological polar surface area (TPSA) is 101 Å². The highest BCUT2D eigenvalue weighted by molar-refractivity contribution is 6.08. The largest absolute Gasteiger partial charge is 0.343 e. The van der Waals surface area contributed by atoms with Gasteiger partial charge in [0, 0.05) is 11.3 Å². The number of anilines is 1. The molecule has 0 aliphatic heterocycles. The zero-order valence-electron chi connectivity index (χ0n) is 13.7. The lowest BCUT2D eigenvalue weighted by Crippen LogP contribution is -2.14. The normalized spacial score (nSPS) is 11.0. The van der Waals surface area contributed by atoms with Gasteiger partial charge in [-0.2, -0.15) is 0 Å². The first kappa shape index (κ1) is 15.0. The van der Waals surface area contributed by atoms with Gasteiger partial charge in [0.25, 0.3) is 5.91 Å². The van der Waals surface area contributed by atoms with Crippen molar-refractivity contribution in [2.45, 2.75) is 13.8 Å². The molecular weight excluding hydrogens is 318 g/mol. The minimum absolute atomic E-state index is 0.250. The van der Waals surface area contributed by atoms with Crippen molar-refractivity contribution >= 4 is 22.8 Å². The number of carbonyl (C=O) groups excluding carboxylic acids is 1. The third-order valence-corrected chi connectivity index (χ3v) is 4.12. The molecule has 0 aliphatic carbocycles. The van der Waals surface area contributed by atoms with E-state index in [4.69, 9.17) is 0 Å². The van der Waals surface area contributed by atoms with Gasteiger partial charge < -0.3 is 10.3 Å². The second-order valence-electron chi connectivity index (χ2n) is 5.67. The van der Waals surface area contributed by atoms with E-state index in [0.29, 0.717) is 17.0 Å². The number of rotatable bonds is 3. The number of nitrogens with one attached hydrogen (secondary N) is 2. The fourth-order valence-corrected chi connectivity index (χ4v) is 2.70. The fourth-order valence-electron chi connectivity index (χ4n) is 2.70. The van der Waals surface area contributed by atoms with Crippen LogP contribution in [0.1, 0.15) is 21.6 Å². The first-order valence-corrected chi connectivity index (χ1v) is 7.71. The number of fused-ring (bicyclic) bond motifs is 1. The van der Waals surface area contributed by atoms with Gasteiger partial charge in [-0.25, -0.2) is 14.6 Å². The molecule has 0 spiro atoms. The average Bonchev–Trinajstić information content (AvgIpc) is 3.25. The highest BCUT2D eigenvalue weighted by atomic mass is 16.1. The summed E-state index contributed by atoms with van der Waals surface area (Å²) < 4.78 is 1.60. The first-order valence-electron chi connectivity index (χ1n) is 7.71. The van der Waals surface area contributed by atoms with Crippen molar-refractivity contribution in [1.29, 1.82) is 0 Å². The molecule has 0 aliphatic rings. The van der Waals surface area contributed by atoms with Crippen LogP contribution in [0.5, 0.6) is 0 Å². The quantitative estimate of drug-likeness (QED) is 0.599. The van der Waals surface area contributed by atoms with Gasteiger partial charge in [0.05, 0.1) is 23.5 Å². The monoisotopic (exact) mass is 333 g/mol. The minimum atomic E-state index is -0.250. The fraction of sp³-hybridized carbons (Fsp3) is 0.118. The molecule has 0 atom stereocenters. The second kappa shape index (κ2) is 5.82. The Morgan fingerprint density at radius 1 is 1.24 bits per heavy atom. The molecule has 0 bridgehead atoms. The molecule has 0 unspecified atom stereocenters. The summed E-state index contributed by atoms with van der Waals surface area (Å²) in [7, 11) is 0. The van der Waals surface area contributed by atoms with Crippen molar-refractivity contribution in [2.75, 3.05) is 5.32 Å². The highest BCUT2D eigenvalue weighted by Gasteiger charge is 2.15. The molecule has 8 heteroatoms. The van der Waals surface area contributed by atoms with Crippen molar-refractivity contribution in [3.8, 4) is 5.69 Å². The summed E-state index contributed by atoms with van der Waals surface area (Å²) in [6.07, 6.45) is 4.73. The lowest BCUT2D eigenvalue weighted by Gasteiger charge is -2.07. The van der Waals surface area contributed by atoms with Gasteiger partial charge in [-0.3, -0.25) is 4.79 Å². The van der Waals surface area contributed by atoms with Gasteiger partial charge >= 0.3 is 0 Å². The van der Waals surface area contributed by atoms with E-state index in [1.54, 1.807) is 35.3 Å². The molecular formula is C17H15N7O. The number of hydrogen-bond donors (Lipinski definition) is 2. The summed E-state index contributed by atoms with van der Waals surface area (Å²) in [5, 5.41) is 11.4. The minimum Gasteiger partial charge on any atom is -0.343 e. The van der Waals surface area contributed by atoms with Gasteiger partial charge in [-0.05, 0) is 37.6 Å². The van der Waals surface area contributed by atoms with E-state index in [2.05, 4.69) is 30.6 Å². The number of carbonyl (C=O) groups is 1. The zero-order chi connectivity index (χ0) is 17.4. The standard InChI is InChI=1S/C17H15N7O/c1-10-11(2)21-15-14(10)16(19-9-18-15)22-17(25)12-4-3-5-13(8-12)24-7-6-20-23-24/h3-9H,1-2H3,(H2,18,19,21,22,25). The van der Waals surface area contributed by atoms with E-state index in [1.807, 2.05) is 19.9 Å². The number of aromatic nitrogens is 6. The predicted molar refractivity (Wildman–Crippen MR) is 92.7 cm³/mol. The molecule has 2 N–H and O–H groups in total. The maximum atomic E-state index is 12.7. The molecule has 1 amide bonds. The Bertz CT molecular complexity index is 1070. The lowest BCUT2D eigenvalue weighted by atomic mass is 10.1. The summed E-state index contributed by atoms with van der Waals surface area (Å²) >= 11 is 0. The molecule has 0 saturated heterocycles. The third-order valence-electron chi connectivity index (χ3n) is 4.12. The lowest BCUT2D eigenvalue weighted by molar-refractivity contribution is 0.102. The van der Waals surface area contributed by atoms with Crippen molar-refractivity contribution in [3.63, 3.8) is 0 Å². The molecule has 4 aromatic rings. The molecule has 3 heterocycles. The number of amides is 1. The van der Waals surface area contributed by atoms with E-state index >= 15 is 0 Å². The van der Waals surface area contributed by atoms with Crippen LogP contribution in [0.15, 0.2) is 43.0 Å². The van der Waals surface area contributed by atoms with Crippen LogP contribution >= 0.6 is 0 Å². The Labute approximate surface area is 142 Å². The Kier molecular flexibility index (Phi) is 3.50. The zero-order valence-corrected chi connectivity index (χ0v) is 13.7. The summed E-state index contributed by atoms with van der Waals surface area (Å²) in [6.45, 7) is 3.93. The smallest absolute Gasteiger partial charge is 0.256 e. The van der Waals surface area contributed by atoms with Crippen molar-refractivity contribution < 1.29 is 4.79 Å². The van der Waals surface area contributed by atoms with E-state index in [1.165, 1.54) is 6.33 Å². The summed E-state index contributed by atoms with van der Waals surface area (Å²) in [5.74, 6) is 0.239. The highest BCUT2D eigenvalue weighted by Crippen LogP contribution is 2.25. The third kappa shape index (κ3) is 2.63. The van der Waals surface area contributed by atoms with Crippen LogP contribution in [-0.4, -0.2) is 35.9 Å². The number of aryl methyl sites for hydroxylation is 2. The maximum Gasteiger partial charge on any atom is 0.256 e. The summed E-state index contributed by atoms with van der Waals surface area (Å²) in [5.41, 5.74) is 3.98. The average molecular weight is 333 g/mol. The molecule has 3 aromatic heterocycles. The van der Waals surface area contributed by atoms with Crippen LogP contribution in [0.4, 0.5) is 5.82 Å². The van der Waals surface area contributed by atoms with Gasteiger partial charge in [-0.1, -0.05) is 11.3 Å². The summed E-state index contributed by atoms with van der Waals surface area (Å²) in [4.78, 5) is 24.3. The van der Waals surface area contributed by atoms with Crippen molar-refractivity contribution in [2.24, 2.45) is 0 Å². The van der Waals surface area contributed by atoms with Gasteiger partial charge in [0.15, 0.2) is 0 Å². The molecule has 25 heavy (non-hydrogen) atoms. The molecule has 1 aromatic carbocycles. The van der Waals surface area contributed by atoms with Gasteiger partial charge in [0.1, 0.15) is 17.8 Å². The molecule has 0 saturated carbocycles. The van der Waals surface area contributed by atoms with E-state index in [-0.39, 0.29) is 5.91 Å². The van der Waals surface area contributed by atoms with Gasteiger partial charge in [0.2, 0.25) is 0 Å². The van der Waals surface area contributed by atoms with Crippen LogP contribution in [0, 0.1) is 13.8 Å². The van der Waals surface area contributed by atoms with Gasteiger partial charge in [-0.15, -0.1) is 5.10 Å². The Balaban J connectivity index is 1.68. The van der Waals surface area contributed by atoms with E-state index in [9.17, 15) is 4.79 Å². The number of nitrogens with zero attached hydrogens (tertiary/aromatic N) is 5. The van der Waals surface area contributed by atoms with Crippen molar-refractivity contribution in [1.82, 2.24) is 29.9 Å². The molecule has 4 rings (SSSR count). The molecule has 0 fully saturated rings. The first-order chi connectivity index (χ1) is 12.1. The van der Waals surface area contributed by atoms with E-state index in [0.717, 1.165) is 22.3 Å². The number of H-pyrrole nitrogens is 1. The molecule has 8 nitrogen and oxygen atoms in total. The van der Waals surface area contributed by atoms with Crippen LogP contribution in [-0.2, 0) is 0 Å². The Hall–Kier alpha value is -3.55. The predicted octanol–water partition coefficient (Wildman–Crippen LogP) is 2.41. The Morgan fingerprint density at radius 3 is 2.92 bits per heavy atom. The molecule has 0 radical (unpaired) electrons. The van der Waals surface area contributed by atoms with Crippen LogP contribution in [0.25, 0.3) is 16.7 Å².